The quantitative estimate of drug-likeness (QED) is 0.503. The minimum absolute atomic E-state index is 0.0413. The Morgan fingerprint density at radius 3 is 2.79 bits per heavy atom. The van der Waals surface area contributed by atoms with Crippen molar-refractivity contribution in [2.75, 3.05) is 12.4 Å². The van der Waals surface area contributed by atoms with Crippen molar-refractivity contribution in [3.63, 3.8) is 0 Å². The summed E-state index contributed by atoms with van der Waals surface area (Å²) in [6.45, 7) is 5.47. The standard InChI is InChI=1S/C9H15NO3S/c1-3-5-13-8(11)6-7(10)9(12)14-4-2/h3,7H,1,4-6,10H2,2H3/p+1/t7-/m0/s1. The second-order valence-corrected chi connectivity index (χ2v) is 3.89. The van der Waals surface area contributed by atoms with Crippen molar-refractivity contribution in [3.8, 4) is 0 Å². The van der Waals surface area contributed by atoms with E-state index in [1.807, 2.05) is 6.92 Å². The number of hydrogen-bond acceptors (Lipinski definition) is 4. The van der Waals surface area contributed by atoms with Gasteiger partial charge in [0.15, 0.2) is 6.04 Å². The highest BCUT2D eigenvalue weighted by Crippen LogP contribution is 2.05. The summed E-state index contributed by atoms with van der Waals surface area (Å²) in [5.74, 6) is 0.294. The van der Waals surface area contributed by atoms with Gasteiger partial charge in [-0.05, 0) is 5.75 Å². The van der Waals surface area contributed by atoms with E-state index in [-0.39, 0.29) is 18.1 Å². The number of hydrogen-bond donors (Lipinski definition) is 1. The molecule has 0 unspecified atom stereocenters. The van der Waals surface area contributed by atoms with Crippen molar-refractivity contribution in [2.24, 2.45) is 0 Å². The van der Waals surface area contributed by atoms with Gasteiger partial charge in [-0.15, -0.1) is 0 Å². The molecule has 0 aliphatic rings. The summed E-state index contributed by atoms with van der Waals surface area (Å²) in [6, 6.07) is -0.516. The Kier molecular flexibility index (Phi) is 7.14. The fraction of sp³-hybridized carbons (Fsp3) is 0.556. The zero-order valence-electron chi connectivity index (χ0n) is 8.32. The lowest BCUT2D eigenvalue weighted by Gasteiger charge is -2.05. The van der Waals surface area contributed by atoms with E-state index in [1.165, 1.54) is 17.8 Å². The first-order valence-electron chi connectivity index (χ1n) is 4.38. The second kappa shape index (κ2) is 7.58. The maximum atomic E-state index is 11.2. The van der Waals surface area contributed by atoms with Gasteiger partial charge < -0.3 is 10.5 Å². The van der Waals surface area contributed by atoms with E-state index in [1.54, 1.807) is 0 Å². The molecule has 0 radical (unpaired) electrons. The number of esters is 1. The Balaban J connectivity index is 3.80. The molecule has 0 spiro atoms. The first-order valence-corrected chi connectivity index (χ1v) is 5.36. The van der Waals surface area contributed by atoms with E-state index >= 15 is 0 Å². The number of carbonyl (C=O) groups excluding carboxylic acids is 2. The van der Waals surface area contributed by atoms with Crippen LogP contribution in [0.15, 0.2) is 12.7 Å². The van der Waals surface area contributed by atoms with E-state index in [9.17, 15) is 9.59 Å². The van der Waals surface area contributed by atoms with Crippen molar-refractivity contribution in [2.45, 2.75) is 19.4 Å². The van der Waals surface area contributed by atoms with Gasteiger partial charge in [-0.3, -0.25) is 9.59 Å². The highest BCUT2D eigenvalue weighted by molar-refractivity contribution is 8.13. The molecule has 0 heterocycles. The molecule has 0 saturated heterocycles. The molecule has 0 aliphatic heterocycles. The summed E-state index contributed by atoms with van der Waals surface area (Å²) in [5.41, 5.74) is 3.61. The fourth-order valence-electron chi connectivity index (χ4n) is 0.755. The summed E-state index contributed by atoms with van der Waals surface area (Å²) in [5, 5.41) is -0.0666. The molecule has 0 aromatic rings. The molecule has 0 aliphatic carbocycles. The van der Waals surface area contributed by atoms with Gasteiger partial charge >= 0.3 is 5.97 Å². The molecule has 0 bridgehead atoms. The van der Waals surface area contributed by atoms with Crippen LogP contribution >= 0.6 is 11.8 Å². The van der Waals surface area contributed by atoms with E-state index in [0.29, 0.717) is 5.75 Å². The van der Waals surface area contributed by atoms with Crippen LogP contribution in [0.5, 0.6) is 0 Å². The van der Waals surface area contributed by atoms with Crippen molar-refractivity contribution < 1.29 is 20.1 Å². The molecular weight excluding hydrogens is 202 g/mol. The average Bonchev–Trinajstić information content (AvgIpc) is 2.15. The topological polar surface area (TPSA) is 71.0 Å². The lowest BCUT2D eigenvalue weighted by atomic mass is 10.2. The summed E-state index contributed by atoms with van der Waals surface area (Å²) in [6.07, 6.45) is 1.53. The van der Waals surface area contributed by atoms with Gasteiger partial charge in [-0.1, -0.05) is 31.3 Å². The molecule has 80 valence electrons. The summed E-state index contributed by atoms with van der Waals surface area (Å²) in [7, 11) is 0. The Morgan fingerprint density at radius 2 is 2.29 bits per heavy atom. The van der Waals surface area contributed by atoms with E-state index in [0.717, 1.165) is 0 Å². The lowest BCUT2D eigenvalue weighted by molar-refractivity contribution is -0.400. The molecule has 0 fully saturated rings. The zero-order chi connectivity index (χ0) is 11.0. The number of rotatable bonds is 6. The van der Waals surface area contributed by atoms with Gasteiger partial charge in [-0.25, -0.2) is 0 Å². The molecule has 4 nitrogen and oxygen atoms in total. The third kappa shape index (κ3) is 5.77. The maximum Gasteiger partial charge on any atom is 0.312 e. The Labute approximate surface area is 87.9 Å². The van der Waals surface area contributed by atoms with Gasteiger partial charge in [0.25, 0.3) is 0 Å². The Bertz CT molecular complexity index is 218. The summed E-state index contributed by atoms with van der Waals surface area (Å²) >= 11 is 1.18. The number of thioether (sulfide) groups is 1. The molecule has 0 rings (SSSR count). The fourth-order valence-corrected chi connectivity index (χ4v) is 1.36. The Morgan fingerprint density at radius 1 is 1.64 bits per heavy atom. The molecule has 14 heavy (non-hydrogen) atoms. The van der Waals surface area contributed by atoms with E-state index in [4.69, 9.17) is 4.74 Å². The van der Waals surface area contributed by atoms with Crippen LogP contribution in [0.25, 0.3) is 0 Å². The van der Waals surface area contributed by atoms with Crippen LogP contribution in [0.3, 0.4) is 0 Å². The predicted molar refractivity (Wildman–Crippen MR) is 55.6 cm³/mol. The lowest BCUT2D eigenvalue weighted by Crippen LogP contribution is -2.65. The highest BCUT2D eigenvalue weighted by atomic mass is 32.2. The van der Waals surface area contributed by atoms with Crippen molar-refractivity contribution in [1.29, 1.82) is 0 Å². The number of quaternary nitrogens is 1. The average molecular weight is 218 g/mol. The second-order valence-electron chi connectivity index (χ2n) is 2.62. The smallest absolute Gasteiger partial charge is 0.312 e. The maximum absolute atomic E-state index is 11.2. The van der Waals surface area contributed by atoms with Gasteiger partial charge in [0.2, 0.25) is 5.12 Å². The molecule has 0 amide bonds. The predicted octanol–water partition coefficient (Wildman–Crippen LogP) is -0.00410. The van der Waals surface area contributed by atoms with Crippen molar-refractivity contribution >= 4 is 22.8 Å². The minimum atomic E-state index is -0.516. The van der Waals surface area contributed by atoms with E-state index < -0.39 is 12.0 Å². The van der Waals surface area contributed by atoms with E-state index in [2.05, 4.69) is 12.3 Å². The van der Waals surface area contributed by atoms with Gasteiger partial charge in [-0.2, -0.15) is 0 Å². The molecule has 0 aromatic heterocycles. The Hall–Kier alpha value is -0.810. The van der Waals surface area contributed by atoms with Crippen molar-refractivity contribution in [3.05, 3.63) is 12.7 Å². The third-order valence-corrected chi connectivity index (χ3v) is 2.30. The van der Waals surface area contributed by atoms with Gasteiger partial charge in [0, 0.05) is 0 Å². The SMILES string of the molecule is C=CCOC(=O)C[C@H]([NH3+])C(=O)SCC. The van der Waals surface area contributed by atoms with Crippen LogP contribution in [0, 0.1) is 0 Å². The van der Waals surface area contributed by atoms with Crippen LogP contribution < -0.4 is 5.73 Å². The van der Waals surface area contributed by atoms with Crippen LogP contribution in [-0.4, -0.2) is 29.5 Å². The first-order chi connectivity index (χ1) is 6.61. The molecule has 1 atom stereocenters. The van der Waals surface area contributed by atoms with Gasteiger partial charge in [0.1, 0.15) is 13.0 Å². The van der Waals surface area contributed by atoms with Crippen LogP contribution in [0.4, 0.5) is 0 Å². The molecule has 3 N–H and O–H groups in total. The van der Waals surface area contributed by atoms with Crippen LogP contribution in [0.2, 0.25) is 0 Å². The van der Waals surface area contributed by atoms with Crippen LogP contribution in [0.1, 0.15) is 13.3 Å². The monoisotopic (exact) mass is 218 g/mol. The van der Waals surface area contributed by atoms with Crippen molar-refractivity contribution in [1.82, 2.24) is 0 Å². The molecule has 0 aromatic carbocycles. The molecule has 0 saturated carbocycles. The summed E-state index contributed by atoms with van der Waals surface area (Å²) in [4.78, 5) is 22.3. The number of carbonyl (C=O) groups is 2. The normalized spacial score (nSPS) is 11.9. The molecular formula is C9H16NO3S+. The largest absolute Gasteiger partial charge is 0.461 e. The zero-order valence-corrected chi connectivity index (χ0v) is 9.14. The third-order valence-electron chi connectivity index (χ3n) is 1.40. The first kappa shape index (κ1) is 13.2. The highest BCUT2D eigenvalue weighted by Gasteiger charge is 2.21. The minimum Gasteiger partial charge on any atom is -0.461 e. The van der Waals surface area contributed by atoms with Gasteiger partial charge in [0.05, 0.1) is 0 Å². The molecule has 5 heteroatoms. The summed E-state index contributed by atoms with van der Waals surface area (Å²) < 4.78 is 4.73. The van der Waals surface area contributed by atoms with Crippen LogP contribution in [-0.2, 0) is 14.3 Å². The number of ether oxygens (including phenoxy) is 1.